The molecule has 0 saturated carbocycles. The molecule has 2 rings (SSSR count). The number of carbonyl (C=O) groups excluding carboxylic acids is 1. The van der Waals surface area contributed by atoms with E-state index < -0.39 is 0 Å². The van der Waals surface area contributed by atoms with E-state index >= 15 is 0 Å². The van der Waals surface area contributed by atoms with Crippen LogP contribution in [0.3, 0.4) is 0 Å². The van der Waals surface area contributed by atoms with Crippen molar-refractivity contribution in [3.8, 4) is 0 Å². The first-order valence-electron chi connectivity index (χ1n) is 7.14. The van der Waals surface area contributed by atoms with Crippen molar-refractivity contribution in [2.24, 2.45) is 0 Å². The Bertz CT molecular complexity index is 490. The van der Waals surface area contributed by atoms with E-state index in [9.17, 15) is 4.79 Å². The molecule has 20 heavy (non-hydrogen) atoms. The average molecular weight is 273 g/mol. The number of amides is 1. The van der Waals surface area contributed by atoms with Gasteiger partial charge < -0.3 is 15.1 Å². The van der Waals surface area contributed by atoms with Gasteiger partial charge in [-0.2, -0.15) is 0 Å². The molecule has 1 aliphatic rings. The van der Waals surface area contributed by atoms with Crippen LogP contribution >= 0.6 is 0 Å². The van der Waals surface area contributed by atoms with Crippen molar-refractivity contribution in [3.05, 3.63) is 30.3 Å². The zero-order chi connectivity index (χ0) is 14.5. The van der Waals surface area contributed by atoms with Gasteiger partial charge in [0.2, 0.25) is 5.91 Å². The first-order valence-corrected chi connectivity index (χ1v) is 7.14. The van der Waals surface area contributed by atoms with E-state index in [1.807, 2.05) is 13.0 Å². The minimum Gasteiger partial charge on any atom is -0.369 e. The molecule has 0 unspecified atom stereocenters. The molecule has 4 heteroatoms. The van der Waals surface area contributed by atoms with Crippen LogP contribution in [-0.2, 0) is 4.79 Å². The first-order chi connectivity index (χ1) is 9.63. The van der Waals surface area contributed by atoms with Crippen LogP contribution in [0, 0.1) is 0 Å². The molecule has 0 radical (unpaired) electrons. The molecule has 1 amide bonds. The second kappa shape index (κ2) is 6.57. The van der Waals surface area contributed by atoms with Gasteiger partial charge in [-0.15, -0.1) is 0 Å². The van der Waals surface area contributed by atoms with Crippen molar-refractivity contribution >= 4 is 23.4 Å². The van der Waals surface area contributed by atoms with Crippen LogP contribution < -0.4 is 10.2 Å². The maximum atomic E-state index is 11.6. The molecule has 1 aromatic rings. The fraction of sp³-hybridized carbons (Fsp3) is 0.438. The Morgan fingerprint density at radius 2 is 2.05 bits per heavy atom. The summed E-state index contributed by atoms with van der Waals surface area (Å²) >= 11 is 0. The fourth-order valence-corrected chi connectivity index (χ4v) is 2.33. The summed E-state index contributed by atoms with van der Waals surface area (Å²) in [5.74, 6) is 0.0311. The number of anilines is 2. The maximum absolute atomic E-state index is 11.6. The van der Waals surface area contributed by atoms with Gasteiger partial charge >= 0.3 is 0 Å². The number of rotatable bonds is 4. The van der Waals surface area contributed by atoms with Crippen LogP contribution in [0.25, 0.3) is 6.08 Å². The van der Waals surface area contributed by atoms with Crippen LogP contribution in [0.1, 0.15) is 18.9 Å². The topological polar surface area (TPSA) is 35.6 Å². The lowest BCUT2D eigenvalue weighted by Gasteiger charge is -2.34. The average Bonchev–Trinajstić information content (AvgIpc) is 2.48. The number of benzene rings is 1. The number of hydrogen-bond acceptors (Lipinski definition) is 3. The SMILES string of the molecule is C=Cc1ccc(N2CCN(C)CC2)cc1NC(=O)CC. The summed E-state index contributed by atoms with van der Waals surface area (Å²) in [6.07, 6.45) is 2.26. The monoisotopic (exact) mass is 273 g/mol. The standard InChI is InChI=1S/C16H23N3O/c1-4-13-6-7-14(12-15(13)17-16(20)5-2)19-10-8-18(3)9-11-19/h4,6-7,12H,1,5,8-11H2,2-3H3,(H,17,20). The summed E-state index contributed by atoms with van der Waals surface area (Å²) in [7, 11) is 2.14. The molecule has 1 saturated heterocycles. The molecule has 0 spiro atoms. The van der Waals surface area contributed by atoms with E-state index in [1.54, 1.807) is 6.08 Å². The zero-order valence-electron chi connectivity index (χ0n) is 12.4. The molecular formula is C16H23N3O. The predicted molar refractivity (Wildman–Crippen MR) is 85.2 cm³/mol. The lowest BCUT2D eigenvalue weighted by molar-refractivity contribution is -0.115. The van der Waals surface area contributed by atoms with E-state index in [1.165, 1.54) is 0 Å². The van der Waals surface area contributed by atoms with Crippen LogP contribution in [0.15, 0.2) is 24.8 Å². The summed E-state index contributed by atoms with van der Waals surface area (Å²) in [6.45, 7) is 9.84. The van der Waals surface area contributed by atoms with Crippen LogP contribution in [0.5, 0.6) is 0 Å². The third-order valence-electron chi connectivity index (χ3n) is 3.72. The van der Waals surface area contributed by atoms with Crippen molar-refractivity contribution in [2.45, 2.75) is 13.3 Å². The molecule has 1 heterocycles. The van der Waals surface area contributed by atoms with Crippen molar-refractivity contribution in [2.75, 3.05) is 43.4 Å². The summed E-state index contributed by atoms with van der Waals surface area (Å²) in [6, 6.07) is 6.17. The van der Waals surface area contributed by atoms with Crippen molar-refractivity contribution in [3.63, 3.8) is 0 Å². The lowest BCUT2D eigenvalue weighted by Crippen LogP contribution is -2.44. The molecule has 0 atom stereocenters. The van der Waals surface area contributed by atoms with Crippen molar-refractivity contribution < 1.29 is 4.79 Å². The molecule has 4 nitrogen and oxygen atoms in total. The number of nitrogens with one attached hydrogen (secondary N) is 1. The van der Waals surface area contributed by atoms with Gasteiger partial charge in [-0.3, -0.25) is 4.79 Å². The number of nitrogens with zero attached hydrogens (tertiary/aromatic N) is 2. The number of hydrogen-bond donors (Lipinski definition) is 1. The third kappa shape index (κ3) is 3.39. The Morgan fingerprint density at radius 1 is 1.35 bits per heavy atom. The Labute approximate surface area is 121 Å². The molecule has 0 bridgehead atoms. The largest absolute Gasteiger partial charge is 0.369 e. The smallest absolute Gasteiger partial charge is 0.224 e. The summed E-state index contributed by atoms with van der Waals surface area (Å²) in [5.41, 5.74) is 2.98. The minimum absolute atomic E-state index is 0.0311. The molecular weight excluding hydrogens is 250 g/mol. The van der Waals surface area contributed by atoms with E-state index in [0.29, 0.717) is 6.42 Å². The van der Waals surface area contributed by atoms with Crippen LogP contribution in [-0.4, -0.2) is 44.0 Å². The fourth-order valence-electron chi connectivity index (χ4n) is 2.33. The first kappa shape index (κ1) is 14.6. The molecule has 108 valence electrons. The Hall–Kier alpha value is -1.81. The van der Waals surface area contributed by atoms with Crippen molar-refractivity contribution in [1.29, 1.82) is 0 Å². The highest BCUT2D eigenvalue weighted by atomic mass is 16.1. The second-order valence-corrected chi connectivity index (χ2v) is 5.17. The quantitative estimate of drug-likeness (QED) is 0.915. The summed E-state index contributed by atoms with van der Waals surface area (Å²) < 4.78 is 0. The maximum Gasteiger partial charge on any atom is 0.224 e. The predicted octanol–water partition coefficient (Wildman–Crippen LogP) is 2.43. The lowest BCUT2D eigenvalue weighted by atomic mass is 10.1. The van der Waals surface area contributed by atoms with Gasteiger partial charge in [-0.25, -0.2) is 0 Å². The van der Waals surface area contributed by atoms with Crippen LogP contribution in [0.4, 0.5) is 11.4 Å². The van der Waals surface area contributed by atoms with Gasteiger partial charge in [0.1, 0.15) is 0 Å². The molecule has 1 N–H and O–H groups in total. The van der Waals surface area contributed by atoms with E-state index in [4.69, 9.17) is 0 Å². The van der Waals surface area contributed by atoms with Gasteiger partial charge in [0, 0.05) is 38.3 Å². The number of likely N-dealkylation sites (N-methyl/N-ethyl adjacent to an activating group) is 1. The highest BCUT2D eigenvalue weighted by Gasteiger charge is 2.15. The summed E-state index contributed by atoms with van der Waals surface area (Å²) in [5, 5.41) is 2.95. The normalized spacial score (nSPS) is 16.0. The van der Waals surface area contributed by atoms with Gasteiger partial charge in [-0.05, 0) is 24.7 Å². The molecule has 1 aliphatic heterocycles. The highest BCUT2D eigenvalue weighted by Crippen LogP contribution is 2.25. The Kier molecular flexibility index (Phi) is 4.79. The van der Waals surface area contributed by atoms with Gasteiger partial charge in [-0.1, -0.05) is 25.6 Å². The Balaban J connectivity index is 2.20. The Morgan fingerprint density at radius 3 is 2.65 bits per heavy atom. The molecule has 1 fully saturated rings. The van der Waals surface area contributed by atoms with E-state index in [2.05, 4.69) is 40.9 Å². The van der Waals surface area contributed by atoms with Gasteiger partial charge in [0.25, 0.3) is 0 Å². The van der Waals surface area contributed by atoms with E-state index in [-0.39, 0.29) is 5.91 Å². The van der Waals surface area contributed by atoms with E-state index in [0.717, 1.165) is 43.1 Å². The van der Waals surface area contributed by atoms with Gasteiger partial charge in [0.15, 0.2) is 0 Å². The number of piperazine rings is 1. The van der Waals surface area contributed by atoms with Crippen molar-refractivity contribution in [1.82, 2.24) is 4.90 Å². The third-order valence-corrected chi connectivity index (χ3v) is 3.72. The molecule has 0 aromatic heterocycles. The van der Waals surface area contributed by atoms with Gasteiger partial charge in [0.05, 0.1) is 5.69 Å². The number of carbonyl (C=O) groups is 1. The highest BCUT2D eigenvalue weighted by molar-refractivity contribution is 5.93. The summed E-state index contributed by atoms with van der Waals surface area (Å²) in [4.78, 5) is 16.3. The minimum atomic E-state index is 0.0311. The second-order valence-electron chi connectivity index (χ2n) is 5.17. The molecule has 0 aliphatic carbocycles. The zero-order valence-corrected chi connectivity index (χ0v) is 12.4. The molecule has 1 aromatic carbocycles. The van der Waals surface area contributed by atoms with Crippen LogP contribution in [0.2, 0.25) is 0 Å².